The Balaban J connectivity index is 1.58. The topological polar surface area (TPSA) is 134 Å². The summed E-state index contributed by atoms with van der Waals surface area (Å²) in [5.74, 6) is -3.06. The molecule has 2 heterocycles. The highest BCUT2D eigenvalue weighted by Gasteiger charge is 2.32. The molecule has 3 atom stereocenters. The second-order valence-electron chi connectivity index (χ2n) is 8.95. The Hall–Kier alpha value is -3.08. The first kappa shape index (κ1) is 28.5. The molecule has 0 aliphatic carbocycles. The number of carbonyl (C=O) groups excluding carboxylic acids is 3. The average molecular weight is 568 g/mol. The first-order valence-electron chi connectivity index (χ1n) is 11.4. The molecular weight excluding hydrogens is 541 g/mol. The number of rotatable bonds is 11. The highest BCUT2D eigenvalue weighted by atomic mass is 35.5. The van der Waals surface area contributed by atoms with Crippen LogP contribution >= 0.6 is 34.5 Å². The quantitative estimate of drug-likeness (QED) is 0.324. The molecule has 0 saturated carbocycles. The van der Waals surface area contributed by atoms with Crippen LogP contribution in [0.2, 0.25) is 10.0 Å². The van der Waals surface area contributed by atoms with Crippen LogP contribution < -0.4 is 16.0 Å². The number of ether oxygens (including phenoxy) is 1. The molecule has 0 bridgehead atoms. The minimum absolute atomic E-state index is 0.00741. The van der Waals surface area contributed by atoms with Crippen LogP contribution in [0.3, 0.4) is 0 Å². The summed E-state index contributed by atoms with van der Waals surface area (Å²) in [4.78, 5) is 49.5. The Kier molecular flexibility index (Phi) is 9.58. The summed E-state index contributed by atoms with van der Waals surface area (Å²) in [6.45, 7) is 3.56. The molecule has 1 aromatic heterocycles. The Bertz CT molecular complexity index is 1170. The van der Waals surface area contributed by atoms with Crippen LogP contribution in [0.5, 0.6) is 0 Å². The molecular formula is C25H27Cl2N3O6S. The van der Waals surface area contributed by atoms with Crippen molar-refractivity contribution in [3.05, 3.63) is 68.0 Å². The number of hydrogen-bond donors (Lipinski definition) is 4. The molecule has 3 amide bonds. The third-order valence-corrected chi connectivity index (χ3v) is 7.26. The van der Waals surface area contributed by atoms with Crippen LogP contribution in [0.15, 0.2) is 42.0 Å². The van der Waals surface area contributed by atoms with E-state index in [9.17, 15) is 24.3 Å². The van der Waals surface area contributed by atoms with Gasteiger partial charge in [-0.25, -0.2) is 4.79 Å². The number of hydrogen-bond acceptors (Lipinski definition) is 6. The van der Waals surface area contributed by atoms with E-state index in [4.69, 9.17) is 27.9 Å². The van der Waals surface area contributed by atoms with Crippen molar-refractivity contribution >= 4 is 58.2 Å². The highest BCUT2D eigenvalue weighted by molar-refractivity contribution is 7.12. The van der Waals surface area contributed by atoms with E-state index in [-0.39, 0.29) is 40.5 Å². The smallest absolute Gasteiger partial charge is 0.328 e. The first-order valence-corrected chi connectivity index (χ1v) is 13.1. The predicted octanol–water partition coefficient (Wildman–Crippen LogP) is 4.00. The Morgan fingerprint density at radius 2 is 1.86 bits per heavy atom. The monoisotopic (exact) mass is 567 g/mol. The van der Waals surface area contributed by atoms with E-state index in [2.05, 4.69) is 16.0 Å². The minimum Gasteiger partial charge on any atom is -0.495 e. The van der Waals surface area contributed by atoms with Gasteiger partial charge in [0.25, 0.3) is 11.8 Å². The Morgan fingerprint density at radius 1 is 1.16 bits per heavy atom. The minimum atomic E-state index is -1.41. The highest BCUT2D eigenvalue weighted by Crippen LogP contribution is 2.30. The summed E-state index contributed by atoms with van der Waals surface area (Å²) in [7, 11) is 0. The molecule has 198 valence electrons. The van der Waals surface area contributed by atoms with Gasteiger partial charge in [-0.1, -0.05) is 36.2 Å². The van der Waals surface area contributed by atoms with Gasteiger partial charge >= 0.3 is 5.97 Å². The maximum absolute atomic E-state index is 12.8. The second kappa shape index (κ2) is 12.4. The van der Waals surface area contributed by atoms with Crippen molar-refractivity contribution in [3.63, 3.8) is 0 Å². The van der Waals surface area contributed by atoms with Gasteiger partial charge in [-0.15, -0.1) is 11.3 Å². The molecule has 1 aromatic carbocycles. The van der Waals surface area contributed by atoms with Crippen LogP contribution in [0, 0.1) is 5.92 Å². The lowest BCUT2D eigenvalue weighted by molar-refractivity contribution is -0.139. The van der Waals surface area contributed by atoms with Crippen molar-refractivity contribution in [1.82, 2.24) is 16.0 Å². The third-order valence-electron chi connectivity index (χ3n) is 5.79. The van der Waals surface area contributed by atoms with E-state index >= 15 is 0 Å². The van der Waals surface area contributed by atoms with E-state index in [1.807, 2.05) is 19.9 Å². The molecule has 9 nitrogen and oxygen atoms in total. The lowest BCUT2D eigenvalue weighted by Gasteiger charge is -2.26. The van der Waals surface area contributed by atoms with Crippen LogP contribution in [-0.2, 0) is 20.9 Å². The largest absolute Gasteiger partial charge is 0.495 e. The molecule has 1 aliphatic rings. The van der Waals surface area contributed by atoms with Crippen molar-refractivity contribution in [2.45, 2.75) is 44.9 Å². The summed E-state index contributed by atoms with van der Waals surface area (Å²) < 4.78 is 5.59. The van der Waals surface area contributed by atoms with Crippen LogP contribution in [0.4, 0.5) is 0 Å². The number of halogens is 2. The van der Waals surface area contributed by atoms with Crippen molar-refractivity contribution in [2.75, 3.05) is 6.54 Å². The zero-order valence-corrected chi connectivity index (χ0v) is 22.5. The summed E-state index contributed by atoms with van der Waals surface area (Å²) in [6.07, 6.45) is 4.85. The van der Waals surface area contributed by atoms with E-state index in [0.29, 0.717) is 16.9 Å². The van der Waals surface area contributed by atoms with Gasteiger partial charge in [0.2, 0.25) is 5.91 Å². The number of benzene rings is 1. The van der Waals surface area contributed by atoms with Crippen molar-refractivity contribution in [2.24, 2.45) is 5.92 Å². The molecule has 0 fully saturated rings. The van der Waals surface area contributed by atoms with E-state index in [1.165, 1.54) is 23.5 Å². The summed E-state index contributed by atoms with van der Waals surface area (Å²) in [5, 5.41) is 18.8. The molecule has 2 unspecified atom stereocenters. The fourth-order valence-electron chi connectivity index (χ4n) is 3.86. The average Bonchev–Trinajstić information content (AvgIpc) is 3.51. The molecule has 4 N–H and O–H groups in total. The fourth-order valence-corrected chi connectivity index (χ4v) is 5.20. The number of amides is 3. The normalized spacial score (nSPS) is 17.9. The third kappa shape index (κ3) is 7.70. The van der Waals surface area contributed by atoms with Gasteiger partial charge in [0.1, 0.15) is 11.6 Å². The van der Waals surface area contributed by atoms with Gasteiger partial charge in [-0.2, -0.15) is 0 Å². The summed E-state index contributed by atoms with van der Waals surface area (Å²) in [5.41, 5.74) is 0.0513. The Morgan fingerprint density at radius 3 is 2.43 bits per heavy atom. The number of carbonyl (C=O) groups is 4. The molecule has 3 rings (SSSR count). The molecule has 0 spiro atoms. The number of thiophene rings is 1. The molecule has 37 heavy (non-hydrogen) atoms. The van der Waals surface area contributed by atoms with E-state index in [0.717, 1.165) is 6.42 Å². The predicted molar refractivity (Wildman–Crippen MR) is 141 cm³/mol. The molecule has 12 heteroatoms. The fraction of sp³-hybridized carbons (Fsp3) is 0.360. The zero-order chi connectivity index (χ0) is 27.2. The van der Waals surface area contributed by atoms with Gasteiger partial charge in [0.15, 0.2) is 0 Å². The maximum atomic E-state index is 12.8. The van der Waals surface area contributed by atoms with Gasteiger partial charge in [-0.3, -0.25) is 14.4 Å². The zero-order valence-electron chi connectivity index (χ0n) is 20.2. The summed E-state index contributed by atoms with van der Waals surface area (Å²) in [6, 6.07) is 4.84. The number of aliphatic carboxylic acids is 1. The second-order valence-corrected chi connectivity index (χ2v) is 10.7. The number of carboxylic acid groups (broad SMARTS) is 1. The number of nitrogens with one attached hydrogen (secondary N) is 3. The lowest BCUT2D eigenvalue weighted by Crippen LogP contribution is -2.48. The maximum Gasteiger partial charge on any atom is 0.328 e. The van der Waals surface area contributed by atoms with Gasteiger partial charge in [0, 0.05) is 25.4 Å². The molecule has 0 radical (unpaired) electrons. The van der Waals surface area contributed by atoms with Gasteiger partial charge in [0.05, 0.1) is 26.7 Å². The molecule has 0 saturated heterocycles. The van der Waals surface area contributed by atoms with Crippen LogP contribution in [0.25, 0.3) is 0 Å². The molecule has 1 aliphatic heterocycles. The van der Waals surface area contributed by atoms with Crippen molar-refractivity contribution in [3.8, 4) is 0 Å². The van der Waals surface area contributed by atoms with Crippen LogP contribution in [0.1, 0.15) is 52.3 Å². The summed E-state index contributed by atoms with van der Waals surface area (Å²) >= 11 is 13.8. The standard InChI is InChI=1S/C25H27Cl2N3O6S/c1-14(11-25(2)6-4-7-36-25)21(31)28-12-15-9-16(26)20(17(27)10-15)23(33)30-18(24(34)35)13-29-22(32)19-5-3-8-37-19/h3-5,7-10,14,18H,6,11-13H2,1-2H3,(H,28,31)(H,29,32)(H,30,33)(H,34,35)/t14?,18-,25?/m0/s1. The van der Waals surface area contributed by atoms with E-state index in [1.54, 1.807) is 23.8 Å². The lowest BCUT2D eigenvalue weighted by atomic mass is 9.90. The molecule has 2 aromatic rings. The van der Waals surface area contributed by atoms with E-state index < -0.39 is 29.4 Å². The SMILES string of the molecule is CC(CC1(C)CC=CO1)C(=O)NCc1cc(Cl)c(C(=O)N[C@@H](CNC(=O)c2cccs2)C(=O)O)c(Cl)c1. The van der Waals surface area contributed by atoms with Crippen LogP contribution in [-0.4, -0.2) is 47.0 Å². The first-order chi connectivity index (χ1) is 17.5. The Labute approximate surface area is 228 Å². The van der Waals surface area contributed by atoms with Gasteiger partial charge < -0.3 is 25.8 Å². The number of carboxylic acids is 1. The van der Waals surface area contributed by atoms with Crippen molar-refractivity contribution < 1.29 is 29.0 Å². The van der Waals surface area contributed by atoms with Crippen molar-refractivity contribution in [1.29, 1.82) is 0 Å². The van der Waals surface area contributed by atoms with Gasteiger partial charge in [-0.05, 0) is 48.6 Å².